The van der Waals surface area contributed by atoms with Gasteiger partial charge in [-0.05, 0) is 31.9 Å². The minimum atomic E-state index is -4.77. The molecule has 1 atom stereocenters. The fourth-order valence-electron chi connectivity index (χ4n) is 4.10. The van der Waals surface area contributed by atoms with Gasteiger partial charge in [-0.25, -0.2) is 9.97 Å². The van der Waals surface area contributed by atoms with E-state index in [9.17, 15) is 22.8 Å². The van der Waals surface area contributed by atoms with Gasteiger partial charge in [-0.3, -0.25) is 19.5 Å². The molecule has 1 saturated heterocycles. The van der Waals surface area contributed by atoms with Gasteiger partial charge in [-0.2, -0.15) is 13.2 Å². The number of rotatable bonds is 3. The number of carbonyl (C=O) groups is 2. The molecule has 31 heavy (non-hydrogen) atoms. The van der Waals surface area contributed by atoms with Crippen molar-refractivity contribution in [1.29, 1.82) is 0 Å². The van der Waals surface area contributed by atoms with Crippen molar-refractivity contribution in [2.75, 3.05) is 28.2 Å². The smallest absolute Gasteiger partial charge is 0.356 e. The van der Waals surface area contributed by atoms with E-state index in [1.54, 1.807) is 18.3 Å². The summed E-state index contributed by atoms with van der Waals surface area (Å²) in [4.78, 5) is 39.6. The third kappa shape index (κ3) is 3.47. The lowest BCUT2D eigenvalue weighted by molar-refractivity contribution is -0.188. The minimum absolute atomic E-state index is 0.0106. The zero-order valence-corrected chi connectivity index (χ0v) is 17.0. The molecule has 0 bridgehead atoms. The number of halogens is 3. The van der Waals surface area contributed by atoms with E-state index < -0.39 is 23.5 Å². The average Bonchev–Trinajstić information content (AvgIpc) is 2.97. The number of piperidine rings is 1. The molecule has 164 valence electrons. The minimum Gasteiger partial charge on any atom is -0.356 e. The van der Waals surface area contributed by atoms with E-state index in [4.69, 9.17) is 0 Å². The average molecular weight is 434 g/mol. The predicted molar refractivity (Wildman–Crippen MR) is 107 cm³/mol. The Bertz CT molecular complexity index is 1000. The molecule has 4 heterocycles. The second-order valence-electron chi connectivity index (χ2n) is 7.83. The summed E-state index contributed by atoms with van der Waals surface area (Å²) in [5, 5.41) is 2.64. The van der Waals surface area contributed by atoms with Crippen molar-refractivity contribution < 1.29 is 22.8 Å². The molecule has 0 spiro atoms. The zero-order valence-electron chi connectivity index (χ0n) is 17.0. The largest absolute Gasteiger partial charge is 0.408 e. The van der Waals surface area contributed by atoms with E-state index in [1.165, 1.54) is 24.2 Å². The highest BCUT2D eigenvalue weighted by atomic mass is 19.4. The number of hydrogen-bond acceptors (Lipinski definition) is 6. The molecule has 2 aromatic rings. The van der Waals surface area contributed by atoms with E-state index in [1.807, 2.05) is 4.90 Å². The van der Waals surface area contributed by atoms with Crippen LogP contribution in [0.15, 0.2) is 30.7 Å². The highest BCUT2D eigenvalue weighted by Crippen LogP contribution is 2.50. The van der Waals surface area contributed by atoms with Gasteiger partial charge >= 0.3 is 6.18 Å². The third-order valence-corrected chi connectivity index (χ3v) is 5.82. The maximum Gasteiger partial charge on any atom is 0.408 e. The lowest BCUT2D eigenvalue weighted by Crippen LogP contribution is -2.53. The molecule has 2 aliphatic rings. The SMILES string of the molecule is CC(=O)Nc1ccc(N2CCC(N3C(=O)C(C)(C(F)(F)F)c4nccnc43)CC2)nc1. The molecule has 0 saturated carbocycles. The van der Waals surface area contributed by atoms with Gasteiger partial charge in [-0.15, -0.1) is 0 Å². The lowest BCUT2D eigenvalue weighted by Gasteiger charge is -2.37. The van der Waals surface area contributed by atoms with Crippen LogP contribution in [0.25, 0.3) is 0 Å². The number of nitrogens with one attached hydrogen (secondary N) is 1. The maximum absolute atomic E-state index is 13.9. The molecule has 1 unspecified atom stereocenters. The van der Waals surface area contributed by atoms with Crippen LogP contribution in [0.4, 0.5) is 30.5 Å². The van der Waals surface area contributed by atoms with Gasteiger partial charge in [0.05, 0.1) is 11.9 Å². The van der Waals surface area contributed by atoms with Gasteiger partial charge in [0, 0.05) is 38.4 Å². The number of alkyl halides is 3. The van der Waals surface area contributed by atoms with E-state index in [0.29, 0.717) is 37.4 Å². The second-order valence-corrected chi connectivity index (χ2v) is 7.83. The van der Waals surface area contributed by atoms with Crippen LogP contribution in [0.5, 0.6) is 0 Å². The molecule has 8 nitrogen and oxygen atoms in total. The Hall–Kier alpha value is -3.24. The van der Waals surface area contributed by atoms with Crippen LogP contribution in [-0.4, -0.2) is 52.1 Å². The van der Waals surface area contributed by atoms with Gasteiger partial charge in [0.25, 0.3) is 0 Å². The lowest BCUT2D eigenvalue weighted by atomic mass is 9.87. The van der Waals surface area contributed by atoms with Crippen LogP contribution in [0.1, 0.15) is 32.4 Å². The van der Waals surface area contributed by atoms with E-state index in [0.717, 1.165) is 6.92 Å². The van der Waals surface area contributed by atoms with E-state index in [-0.39, 0.29) is 17.4 Å². The van der Waals surface area contributed by atoms with Gasteiger partial charge in [0.1, 0.15) is 11.5 Å². The van der Waals surface area contributed by atoms with E-state index in [2.05, 4.69) is 20.3 Å². The normalized spacial score (nSPS) is 21.9. The first kappa shape index (κ1) is 21.0. The topological polar surface area (TPSA) is 91.3 Å². The highest BCUT2D eigenvalue weighted by molar-refractivity contribution is 6.07. The summed E-state index contributed by atoms with van der Waals surface area (Å²) in [7, 11) is 0. The number of nitrogens with zero attached hydrogens (tertiary/aromatic N) is 5. The van der Waals surface area contributed by atoms with Crippen LogP contribution in [0, 0.1) is 0 Å². The number of hydrogen-bond donors (Lipinski definition) is 1. The van der Waals surface area contributed by atoms with Gasteiger partial charge in [-0.1, -0.05) is 0 Å². The first-order chi connectivity index (χ1) is 14.6. The predicted octanol–water partition coefficient (Wildman–Crippen LogP) is 2.67. The summed E-state index contributed by atoms with van der Waals surface area (Å²) in [6.45, 7) is 3.31. The number of anilines is 3. The molecular formula is C20H21F3N6O2. The fourth-order valence-corrected chi connectivity index (χ4v) is 4.10. The third-order valence-electron chi connectivity index (χ3n) is 5.82. The zero-order chi connectivity index (χ0) is 22.4. The van der Waals surface area contributed by atoms with Crippen molar-refractivity contribution in [2.45, 2.75) is 44.3 Å². The Morgan fingerprint density at radius 1 is 1.16 bits per heavy atom. The van der Waals surface area contributed by atoms with Crippen molar-refractivity contribution in [2.24, 2.45) is 0 Å². The first-order valence-corrected chi connectivity index (χ1v) is 9.83. The molecule has 1 fully saturated rings. The molecule has 2 amide bonds. The molecular weight excluding hydrogens is 413 g/mol. The number of amides is 2. The van der Waals surface area contributed by atoms with Crippen molar-refractivity contribution in [3.63, 3.8) is 0 Å². The standard InChI is InChI=1S/C20H21F3N6O2/c1-12(30)27-13-3-4-15(26-11-13)28-9-5-14(6-10-28)29-17-16(24-7-8-25-17)19(2,18(29)31)20(21,22)23/h3-4,7-8,11,14H,5-6,9-10H2,1-2H3,(H,27,30). The van der Waals surface area contributed by atoms with Crippen LogP contribution in [0.2, 0.25) is 0 Å². The number of aromatic nitrogens is 3. The summed E-state index contributed by atoms with van der Waals surface area (Å²) in [6.07, 6.45) is 0.183. The molecule has 2 aromatic heterocycles. The summed E-state index contributed by atoms with van der Waals surface area (Å²) < 4.78 is 41.6. The molecule has 2 aliphatic heterocycles. The van der Waals surface area contributed by atoms with Gasteiger partial charge < -0.3 is 10.2 Å². The number of fused-ring (bicyclic) bond motifs is 1. The summed E-state index contributed by atoms with van der Waals surface area (Å²) in [6, 6.07) is 3.09. The van der Waals surface area contributed by atoms with Crippen LogP contribution >= 0.6 is 0 Å². The molecule has 1 N–H and O–H groups in total. The Labute approximate surface area is 176 Å². The molecule has 0 aliphatic carbocycles. The highest BCUT2D eigenvalue weighted by Gasteiger charge is 2.66. The fraction of sp³-hybridized carbons (Fsp3) is 0.450. The van der Waals surface area contributed by atoms with Crippen LogP contribution in [-0.2, 0) is 15.0 Å². The maximum atomic E-state index is 13.9. The van der Waals surface area contributed by atoms with Gasteiger partial charge in [0.2, 0.25) is 11.8 Å². The number of pyridine rings is 1. The second kappa shape index (κ2) is 7.47. The molecule has 4 rings (SSSR count). The van der Waals surface area contributed by atoms with Crippen molar-refractivity contribution >= 4 is 29.1 Å². The summed E-state index contributed by atoms with van der Waals surface area (Å²) in [5.41, 5.74) is -2.46. The monoisotopic (exact) mass is 434 g/mol. The van der Waals surface area contributed by atoms with Gasteiger partial charge in [0.15, 0.2) is 11.2 Å². The van der Waals surface area contributed by atoms with Crippen LogP contribution in [0.3, 0.4) is 0 Å². The molecule has 0 radical (unpaired) electrons. The van der Waals surface area contributed by atoms with E-state index >= 15 is 0 Å². The van der Waals surface area contributed by atoms with Crippen molar-refractivity contribution in [3.05, 3.63) is 36.4 Å². The summed E-state index contributed by atoms with van der Waals surface area (Å²) >= 11 is 0. The Morgan fingerprint density at radius 3 is 2.42 bits per heavy atom. The Morgan fingerprint density at radius 2 is 1.84 bits per heavy atom. The quantitative estimate of drug-likeness (QED) is 0.799. The Kier molecular flexibility index (Phi) is 5.06. The Balaban J connectivity index is 1.51. The molecule has 11 heteroatoms. The number of carbonyl (C=O) groups excluding carboxylic acids is 2. The molecule has 0 aromatic carbocycles. The first-order valence-electron chi connectivity index (χ1n) is 9.83. The van der Waals surface area contributed by atoms with Crippen molar-refractivity contribution in [1.82, 2.24) is 15.0 Å². The van der Waals surface area contributed by atoms with Crippen molar-refractivity contribution in [3.8, 4) is 0 Å². The van der Waals surface area contributed by atoms with Crippen LogP contribution < -0.4 is 15.1 Å². The summed E-state index contributed by atoms with van der Waals surface area (Å²) in [5.74, 6) is -0.540.